The molecule has 3 N–H and O–H groups in total. The summed E-state index contributed by atoms with van der Waals surface area (Å²) < 4.78 is 32.7. The topological polar surface area (TPSA) is 112 Å². The van der Waals surface area contributed by atoms with E-state index in [1.54, 1.807) is 11.0 Å². The molecule has 1 saturated carbocycles. The lowest BCUT2D eigenvalue weighted by molar-refractivity contribution is -0.123. The van der Waals surface area contributed by atoms with Crippen molar-refractivity contribution >= 4 is 29.4 Å². The minimum Gasteiger partial charge on any atom is -0.494 e. The van der Waals surface area contributed by atoms with Crippen LogP contribution in [0.25, 0.3) is 11.1 Å². The number of hydrogen-bond donors (Lipinski definition) is 3. The second-order valence-electron chi connectivity index (χ2n) is 10.6. The van der Waals surface area contributed by atoms with Crippen LogP contribution in [0, 0.1) is 17.8 Å². The lowest BCUT2D eigenvalue weighted by atomic mass is 9.97. The van der Waals surface area contributed by atoms with Crippen molar-refractivity contribution < 1.29 is 23.1 Å². The van der Waals surface area contributed by atoms with E-state index in [-0.39, 0.29) is 45.8 Å². The van der Waals surface area contributed by atoms with Crippen molar-refractivity contribution in [2.75, 3.05) is 32.1 Å². The highest BCUT2D eigenvalue weighted by molar-refractivity contribution is 8.00. The summed E-state index contributed by atoms with van der Waals surface area (Å²) in [5, 5.41) is 2.70. The molecule has 1 aliphatic carbocycles. The maximum Gasteiger partial charge on any atom is 0.280 e. The second kappa shape index (κ2) is 11.3. The van der Waals surface area contributed by atoms with Crippen molar-refractivity contribution in [2.24, 2.45) is 5.92 Å². The van der Waals surface area contributed by atoms with Crippen molar-refractivity contribution in [3.05, 3.63) is 35.8 Å². The van der Waals surface area contributed by atoms with Crippen LogP contribution in [-0.2, 0) is 4.79 Å². The number of ether oxygens (including phenoxy) is 1. The maximum absolute atomic E-state index is 13.6. The first-order valence-electron chi connectivity index (χ1n) is 12.9. The quantitative estimate of drug-likeness (QED) is 0.451. The average Bonchev–Trinajstić information content (AvgIpc) is 3.66. The number of hydrazine groups is 1. The molecule has 40 heavy (non-hydrogen) atoms. The number of piperazine rings is 1. The van der Waals surface area contributed by atoms with Gasteiger partial charge in [-0.1, -0.05) is 23.6 Å². The van der Waals surface area contributed by atoms with Crippen LogP contribution in [0.1, 0.15) is 49.2 Å². The molecular weight excluding hydrogens is 540 g/mol. The summed E-state index contributed by atoms with van der Waals surface area (Å²) in [5.74, 6) is 6.66. The third kappa shape index (κ3) is 6.05. The standard InChI is InChI=1S/C27H31F2N7O3S/c1-27(2)14-36(23(37)13-35(27)3)21-10-16(17-9-19(24(28)29)30-12-20(17)39-4)18(11-31-21)25(38)32-26-34-33-22(40-26)8-7-15-5-6-15/h9-12,15,22,24,26,33-34H,5-6,13-14H2,1-4H3,(H,32,38). The molecule has 2 aromatic rings. The number of aromatic nitrogens is 2. The first-order chi connectivity index (χ1) is 19.1. The van der Waals surface area contributed by atoms with Crippen LogP contribution in [0.2, 0.25) is 0 Å². The van der Waals surface area contributed by atoms with Crippen molar-refractivity contribution in [1.82, 2.24) is 31.0 Å². The number of nitrogens with one attached hydrogen (secondary N) is 3. The van der Waals surface area contributed by atoms with Crippen molar-refractivity contribution in [3.63, 3.8) is 0 Å². The number of likely N-dealkylation sites (N-methyl/N-ethyl adjacent to an activating group) is 1. The summed E-state index contributed by atoms with van der Waals surface area (Å²) in [7, 11) is 3.27. The fourth-order valence-corrected chi connectivity index (χ4v) is 5.22. The number of amides is 2. The Morgan fingerprint density at radius 3 is 2.67 bits per heavy atom. The monoisotopic (exact) mass is 571 g/mol. The normalized spacial score (nSPS) is 22.7. The molecule has 13 heteroatoms. The minimum absolute atomic E-state index is 0.129. The molecule has 3 fully saturated rings. The van der Waals surface area contributed by atoms with Crippen LogP contribution in [-0.4, -0.2) is 70.3 Å². The predicted molar refractivity (Wildman–Crippen MR) is 147 cm³/mol. The van der Waals surface area contributed by atoms with Gasteiger partial charge in [0.2, 0.25) is 5.91 Å². The number of thioether (sulfide) groups is 1. The zero-order chi connectivity index (χ0) is 28.6. The highest BCUT2D eigenvalue weighted by atomic mass is 32.2. The van der Waals surface area contributed by atoms with Crippen LogP contribution in [0.15, 0.2) is 24.5 Å². The van der Waals surface area contributed by atoms with Gasteiger partial charge in [0.15, 0.2) is 0 Å². The Labute approximate surface area is 235 Å². The van der Waals surface area contributed by atoms with E-state index in [0.717, 1.165) is 12.8 Å². The molecule has 2 saturated heterocycles. The molecule has 2 atom stereocenters. The molecule has 0 aromatic carbocycles. The molecule has 4 heterocycles. The third-order valence-corrected chi connectivity index (χ3v) is 8.18. The molecule has 2 amide bonds. The molecule has 0 bridgehead atoms. The predicted octanol–water partition coefficient (Wildman–Crippen LogP) is 2.74. The molecule has 0 radical (unpaired) electrons. The number of pyridine rings is 2. The van der Waals surface area contributed by atoms with E-state index < -0.39 is 23.5 Å². The second-order valence-corrected chi connectivity index (χ2v) is 11.8. The Morgan fingerprint density at radius 1 is 1.20 bits per heavy atom. The van der Waals surface area contributed by atoms with Gasteiger partial charge in [-0.2, -0.15) is 0 Å². The number of halogens is 2. The molecule has 212 valence electrons. The summed E-state index contributed by atoms with van der Waals surface area (Å²) in [5.41, 5.74) is 5.42. The fourth-order valence-electron chi connectivity index (χ4n) is 4.37. The molecule has 3 aliphatic rings. The van der Waals surface area contributed by atoms with Gasteiger partial charge >= 0.3 is 0 Å². The van der Waals surface area contributed by atoms with Crippen LogP contribution in [0.4, 0.5) is 14.6 Å². The Bertz CT molecular complexity index is 1380. The number of hydrogen-bond acceptors (Lipinski definition) is 9. The van der Waals surface area contributed by atoms with Crippen LogP contribution in [0.5, 0.6) is 5.75 Å². The van der Waals surface area contributed by atoms with E-state index >= 15 is 0 Å². The van der Waals surface area contributed by atoms with E-state index in [9.17, 15) is 18.4 Å². The largest absolute Gasteiger partial charge is 0.494 e. The Kier molecular flexibility index (Phi) is 7.96. The van der Waals surface area contributed by atoms with Gasteiger partial charge < -0.3 is 10.1 Å². The van der Waals surface area contributed by atoms with E-state index in [1.165, 1.54) is 37.3 Å². The SMILES string of the molecule is COc1cnc(C(F)F)cc1-c1cc(N2CC(C)(C)N(C)CC2=O)ncc1C(=O)NC1NNC(C#CC2CC2)S1. The Morgan fingerprint density at radius 2 is 1.98 bits per heavy atom. The highest BCUT2D eigenvalue weighted by Gasteiger charge is 2.37. The number of methoxy groups -OCH3 is 1. The lowest BCUT2D eigenvalue weighted by Crippen LogP contribution is -2.60. The van der Waals surface area contributed by atoms with Gasteiger partial charge in [-0.25, -0.2) is 24.6 Å². The van der Waals surface area contributed by atoms with Gasteiger partial charge in [-0.15, -0.1) is 0 Å². The lowest BCUT2D eigenvalue weighted by Gasteiger charge is -2.44. The smallest absolute Gasteiger partial charge is 0.280 e. The first kappa shape index (κ1) is 28.2. The minimum atomic E-state index is -2.83. The van der Waals surface area contributed by atoms with E-state index in [0.29, 0.717) is 18.3 Å². The molecular formula is C27H31F2N7O3S. The van der Waals surface area contributed by atoms with Crippen molar-refractivity contribution in [1.29, 1.82) is 0 Å². The van der Waals surface area contributed by atoms with Crippen molar-refractivity contribution in [3.8, 4) is 28.7 Å². The fraction of sp³-hybridized carbons (Fsp3) is 0.481. The van der Waals surface area contributed by atoms with Gasteiger partial charge in [0.25, 0.3) is 12.3 Å². The number of nitrogens with zero attached hydrogens (tertiary/aromatic N) is 4. The van der Waals surface area contributed by atoms with Gasteiger partial charge in [0, 0.05) is 35.3 Å². The van der Waals surface area contributed by atoms with Crippen LogP contribution >= 0.6 is 11.8 Å². The maximum atomic E-state index is 13.6. The van der Waals surface area contributed by atoms with Gasteiger partial charge in [0.1, 0.15) is 28.1 Å². The average molecular weight is 572 g/mol. The summed E-state index contributed by atoms with van der Waals surface area (Å²) in [4.78, 5) is 38.3. The summed E-state index contributed by atoms with van der Waals surface area (Å²) in [6.45, 7) is 4.56. The zero-order valence-corrected chi connectivity index (χ0v) is 23.4. The molecule has 2 unspecified atom stereocenters. The Balaban J connectivity index is 1.50. The van der Waals surface area contributed by atoms with Crippen LogP contribution in [0.3, 0.4) is 0 Å². The van der Waals surface area contributed by atoms with E-state index in [1.807, 2.05) is 25.8 Å². The zero-order valence-electron chi connectivity index (χ0n) is 22.6. The molecule has 2 aromatic heterocycles. The van der Waals surface area contributed by atoms with Gasteiger partial charge in [0.05, 0.1) is 25.4 Å². The van der Waals surface area contributed by atoms with Gasteiger partial charge in [-0.3, -0.25) is 24.4 Å². The number of anilines is 1. The van der Waals surface area contributed by atoms with E-state index in [4.69, 9.17) is 4.74 Å². The number of rotatable bonds is 6. The molecule has 2 aliphatic heterocycles. The summed E-state index contributed by atoms with van der Waals surface area (Å²) in [6, 6.07) is 2.77. The van der Waals surface area contributed by atoms with Crippen molar-refractivity contribution in [2.45, 2.75) is 49.5 Å². The summed E-state index contributed by atoms with van der Waals surface area (Å²) in [6.07, 6.45) is 1.96. The van der Waals surface area contributed by atoms with Crippen LogP contribution < -0.4 is 25.8 Å². The highest BCUT2D eigenvalue weighted by Crippen LogP contribution is 2.37. The number of carbonyl (C=O) groups is 2. The third-order valence-electron chi connectivity index (χ3n) is 7.16. The molecule has 5 rings (SSSR count). The summed E-state index contributed by atoms with van der Waals surface area (Å²) >= 11 is 1.41. The number of alkyl halides is 2. The Hall–Kier alpha value is -3.31. The van der Waals surface area contributed by atoms with Gasteiger partial charge in [-0.05, 0) is 45.9 Å². The number of carbonyl (C=O) groups excluding carboxylic acids is 2. The molecule has 0 spiro atoms. The first-order valence-corrected chi connectivity index (χ1v) is 13.8. The van der Waals surface area contributed by atoms with E-state index in [2.05, 4.69) is 38.0 Å². The molecule has 10 nitrogen and oxygen atoms in total.